The number of benzene rings is 4. The molecule has 0 radical (unpaired) electrons. The molecule has 0 fully saturated rings. The maximum Gasteiger partial charge on any atom is 2.00 e. The van der Waals surface area contributed by atoms with Gasteiger partial charge in [-0.25, -0.2) is 6.07 Å². The van der Waals surface area contributed by atoms with Crippen LogP contribution < -0.4 is 24.8 Å². The molecule has 0 atom stereocenters. The Morgan fingerprint density at radius 3 is 1.82 bits per heavy atom. The number of fused-ring (bicyclic) bond motifs is 3. The van der Waals surface area contributed by atoms with Crippen LogP contribution in [0.4, 0.5) is 0 Å². The monoisotopic (exact) mass is 641 g/mol. The van der Waals surface area contributed by atoms with E-state index in [1.54, 1.807) is 0 Å². The summed E-state index contributed by atoms with van der Waals surface area (Å²) in [5.41, 5.74) is 11.2. The van der Waals surface area contributed by atoms with Gasteiger partial charge < -0.3 is 24.8 Å². The maximum absolute atomic E-state index is 3.30. The molecule has 206 valence electrons. The standard InChI is InChI=1S/C13H9.C13H11.C11H17.2ClH.Zr/c1-3-7-12-10(5-1)9-11-6-2-4-8-13(11)12;1-3-7-12(8-4-1)11-13-9-5-2-6-10-13;1-5-9-6-7-10(8-9)11(2,3)4;;;/h1-5,7-8H,9H2;1-11H;6-8H,5H2,1-4H3;2*1H;/q3*-1;;;+2/p-2. The summed E-state index contributed by atoms with van der Waals surface area (Å²) in [5, 5.41) is 0. The van der Waals surface area contributed by atoms with Gasteiger partial charge >= 0.3 is 26.2 Å². The van der Waals surface area contributed by atoms with E-state index in [1.807, 2.05) is 18.2 Å². The first-order valence-electron chi connectivity index (χ1n) is 13.2. The van der Waals surface area contributed by atoms with Gasteiger partial charge in [-0.1, -0.05) is 111 Å². The smallest absolute Gasteiger partial charge is 1.00 e. The first-order chi connectivity index (χ1) is 17.9. The second kappa shape index (κ2) is 17.4. The van der Waals surface area contributed by atoms with Crippen molar-refractivity contribution in [2.75, 3.05) is 0 Å². The van der Waals surface area contributed by atoms with Gasteiger partial charge in [0, 0.05) is 0 Å². The Labute approximate surface area is 273 Å². The fourth-order valence-corrected chi connectivity index (χ4v) is 4.47. The molecule has 5 aromatic rings. The van der Waals surface area contributed by atoms with Gasteiger partial charge in [0.25, 0.3) is 0 Å². The van der Waals surface area contributed by atoms with Crippen LogP contribution in [-0.4, -0.2) is 0 Å². The Hall–Kier alpha value is -2.44. The van der Waals surface area contributed by atoms with E-state index in [-0.39, 0.29) is 51.0 Å². The summed E-state index contributed by atoms with van der Waals surface area (Å²) in [6.45, 7) is 8.95. The van der Waals surface area contributed by atoms with Crippen LogP contribution in [0.15, 0.2) is 121 Å². The van der Waals surface area contributed by atoms with Crippen molar-refractivity contribution < 1.29 is 51.0 Å². The van der Waals surface area contributed by atoms with Gasteiger partial charge in [0.15, 0.2) is 0 Å². The SMILES string of the molecule is CCc1cc(C(C)(C)C)c[cH-]1.[Cl-].[Cl-].[Zr+2].[c-]1cccc2c1Cc1ccccc1-2.c1ccc([CH-]c2ccccc2)cc1. The van der Waals surface area contributed by atoms with E-state index < -0.39 is 0 Å². The number of aryl methyl sites for hydroxylation is 1. The van der Waals surface area contributed by atoms with Crippen LogP contribution in [-0.2, 0) is 44.5 Å². The van der Waals surface area contributed by atoms with Crippen molar-refractivity contribution in [3.8, 4) is 11.1 Å². The van der Waals surface area contributed by atoms with E-state index >= 15 is 0 Å². The van der Waals surface area contributed by atoms with Crippen molar-refractivity contribution in [2.24, 2.45) is 0 Å². The first kappa shape index (κ1) is 35.6. The van der Waals surface area contributed by atoms with E-state index in [9.17, 15) is 0 Å². The molecule has 0 unspecified atom stereocenters. The molecule has 0 saturated carbocycles. The summed E-state index contributed by atoms with van der Waals surface area (Å²) in [7, 11) is 0. The Balaban J connectivity index is 0.000000291. The largest absolute Gasteiger partial charge is 2.00 e. The van der Waals surface area contributed by atoms with Gasteiger partial charge in [0.05, 0.1) is 0 Å². The van der Waals surface area contributed by atoms with Crippen LogP contribution in [0.25, 0.3) is 11.1 Å². The number of halogens is 2. The van der Waals surface area contributed by atoms with Crippen LogP contribution in [0.2, 0.25) is 0 Å². The molecule has 0 bridgehead atoms. The van der Waals surface area contributed by atoms with Gasteiger partial charge in [-0.15, -0.1) is 47.4 Å². The minimum atomic E-state index is 0. The molecule has 3 heteroatoms. The van der Waals surface area contributed by atoms with Crippen LogP contribution in [0.1, 0.15) is 61.1 Å². The third-order valence-corrected chi connectivity index (χ3v) is 6.64. The summed E-state index contributed by atoms with van der Waals surface area (Å²) in [6.07, 6.45) is 4.36. The Morgan fingerprint density at radius 2 is 1.30 bits per heavy atom. The van der Waals surface area contributed by atoms with Crippen LogP contribution >= 0.6 is 0 Å². The van der Waals surface area contributed by atoms with Crippen LogP contribution in [0.5, 0.6) is 0 Å². The van der Waals surface area contributed by atoms with Gasteiger partial charge in [-0.2, -0.15) is 53.1 Å². The van der Waals surface area contributed by atoms with Crippen molar-refractivity contribution in [3.05, 3.63) is 167 Å². The normalized spacial score (nSPS) is 10.4. The van der Waals surface area contributed by atoms with Gasteiger partial charge in [-0.05, 0) is 6.42 Å². The summed E-state index contributed by atoms with van der Waals surface area (Å²) < 4.78 is 0. The van der Waals surface area contributed by atoms with E-state index in [0.29, 0.717) is 5.41 Å². The predicted octanol–water partition coefficient (Wildman–Crippen LogP) is 3.62. The zero-order valence-corrected chi connectivity index (χ0v) is 27.8. The molecule has 0 N–H and O–H groups in total. The Kier molecular flexibility index (Phi) is 15.5. The molecule has 5 aromatic carbocycles. The number of hydrogen-bond acceptors (Lipinski definition) is 0. The molecular weight excluding hydrogens is 607 g/mol. The minimum absolute atomic E-state index is 0. The molecule has 0 amide bonds. The minimum Gasteiger partial charge on any atom is -1.00 e. The predicted molar refractivity (Wildman–Crippen MR) is 159 cm³/mol. The molecule has 0 heterocycles. The van der Waals surface area contributed by atoms with Crippen molar-refractivity contribution >= 4 is 0 Å². The Morgan fingerprint density at radius 1 is 0.750 bits per heavy atom. The van der Waals surface area contributed by atoms with Crippen molar-refractivity contribution in [1.29, 1.82) is 0 Å². The molecule has 40 heavy (non-hydrogen) atoms. The van der Waals surface area contributed by atoms with Crippen molar-refractivity contribution in [2.45, 2.75) is 46.0 Å². The van der Waals surface area contributed by atoms with Crippen molar-refractivity contribution in [1.82, 2.24) is 0 Å². The summed E-state index contributed by atoms with van der Waals surface area (Å²) >= 11 is 0. The second-order valence-electron chi connectivity index (χ2n) is 10.5. The molecule has 6 rings (SSSR count). The molecule has 0 nitrogen and oxygen atoms in total. The van der Waals surface area contributed by atoms with E-state index in [1.165, 1.54) is 44.5 Å². The molecule has 0 spiro atoms. The molecule has 0 aliphatic heterocycles. The van der Waals surface area contributed by atoms with E-state index in [2.05, 4.69) is 143 Å². The fourth-order valence-electron chi connectivity index (χ4n) is 4.47. The molecule has 1 aliphatic carbocycles. The average molecular weight is 644 g/mol. The summed E-state index contributed by atoms with van der Waals surface area (Å²) in [6, 6.07) is 45.6. The van der Waals surface area contributed by atoms with E-state index in [4.69, 9.17) is 0 Å². The summed E-state index contributed by atoms with van der Waals surface area (Å²) in [4.78, 5) is 0. The van der Waals surface area contributed by atoms with E-state index in [0.717, 1.165) is 12.8 Å². The average Bonchev–Trinajstić information content (AvgIpc) is 3.56. The number of hydrogen-bond donors (Lipinski definition) is 0. The van der Waals surface area contributed by atoms with Gasteiger partial charge in [-0.3, -0.25) is 0 Å². The third kappa shape index (κ3) is 10.2. The van der Waals surface area contributed by atoms with Crippen LogP contribution in [0, 0.1) is 12.5 Å². The number of rotatable bonds is 3. The molecule has 1 aliphatic rings. The second-order valence-corrected chi connectivity index (χ2v) is 10.5. The van der Waals surface area contributed by atoms with Crippen molar-refractivity contribution in [3.63, 3.8) is 0 Å². The Bertz CT molecular complexity index is 1300. The van der Waals surface area contributed by atoms with Gasteiger partial charge in [0.1, 0.15) is 0 Å². The third-order valence-electron chi connectivity index (χ3n) is 6.64. The van der Waals surface area contributed by atoms with Crippen LogP contribution in [0.3, 0.4) is 0 Å². The zero-order chi connectivity index (χ0) is 26.1. The molecular formula is C37H37Cl2Zr-3. The molecule has 0 saturated heterocycles. The molecule has 0 aromatic heterocycles. The quantitative estimate of drug-likeness (QED) is 0.259. The van der Waals surface area contributed by atoms with Gasteiger partial charge in [0.2, 0.25) is 0 Å². The topological polar surface area (TPSA) is 0 Å². The fraction of sp³-hybridized carbons (Fsp3) is 0.189. The first-order valence-corrected chi connectivity index (χ1v) is 13.2. The summed E-state index contributed by atoms with van der Waals surface area (Å²) in [5.74, 6) is 0. The maximum atomic E-state index is 3.30. The zero-order valence-electron chi connectivity index (χ0n) is 23.8.